The van der Waals surface area contributed by atoms with Crippen molar-refractivity contribution in [2.45, 2.75) is 27.3 Å². The number of imidazole rings is 1. The summed E-state index contributed by atoms with van der Waals surface area (Å²) in [5.74, 6) is 1.48. The zero-order chi connectivity index (χ0) is 14.8. The van der Waals surface area contributed by atoms with Crippen LogP contribution in [-0.4, -0.2) is 9.55 Å². The number of para-hydroxylation sites is 2. The van der Waals surface area contributed by atoms with E-state index in [0.717, 1.165) is 23.7 Å². The minimum atomic E-state index is 0.571. The van der Waals surface area contributed by atoms with E-state index in [1.807, 2.05) is 6.07 Å². The Bertz CT molecular complexity index is 739. The molecule has 3 nitrogen and oxygen atoms in total. The smallest absolute Gasteiger partial charge is 0.208 e. The molecule has 0 radical (unpaired) electrons. The first-order valence-corrected chi connectivity index (χ1v) is 7.42. The van der Waals surface area contributed by atoms with Crippen LogP contribution in [0.4, 0.5) is 11.6 Å². The molecule has 1 heterocycles. The lowest BCUT2D eigenvalue weighted by molar-refractivity contribution is 0.537. The first-order valence-electron chi connectivity index (χ1n) is 7.42. The number of fused-ring (bicyclic) bond motifs is 1. The summed E-state index contributed by atoms with van der Waals surface area (Å²) in [7, 11) is 0. The van der Waals surface area contributed by atoms with Crippen LogP contribution in [0.25, 0.3) is 11.0 Å². The second kappa shape index (κ2) is 5.60. The monoisotopic (exact) mass is 279 g/mol. The Morgan fingerprint density at radius 2 is 1.76 bits per heavy atom. The van der Waals surface area contributed by atoms with Crippen molar-refractivity contribution in [2.24, 2.45) is 5.92 Å². The molecule has 0 saturated heterocycles. The van der Waals surface area contributed by atoms with Gasteiger partial charge in [-0.15, -0.1) is 0 Å². The van der Waals surface area contributed by atoms with E-state index >= 15 is 0 Å². The fourth-order valence-corrected chi connectivity index (χ4v) is 2.49. The standard InChI is InChI=1S/C18H21N3/c1-13(2)12-21-17-7-5-4-6-16(17)20-18(21)19-15-10-8-14(3)9-11-15/h4-11,13H,12H2,1-3H3,(H,19,20). The summed E-state index contributed by atoms with van der Waals surface area (Å²) in [4.78, 5) is 4.74. The Hall–Kier alpha value is -2.29. The maximum absolute atomic E-state index is 4.74. The van der Waals surface area contributed by atoms with E-state index in [4.69, 9.17) is 4.98 Å². The average Bonchev–Trinajstić information content (AvgIpc) is 2.79. The molecule has 1 aromatic heterocycles. The predicted octanol–water partition coefficient (Wildman–Crippen LogP) is 4.74. The number of hydrogen-bond acceptors (Lipinski definition) is 2. The van der Waals surface area contributed by atoms with E-state index in [-0.39, 0.29) is 0 Å². The molecule has 0 fully saturated rings. The number of nitrogens with zero attached hydrogens (tertiary/aromatic N) is 2. The van der Waals surface area contributed by atoms with Gasteiger partial charge in [0.1, 0.15) is 0 Å². The van der Waals surface area contributed by atoms with Gasteiger partial charge < -0.3 is 9.88 Å². The van der Waals surface area contributed by atoms with Gasteiger partial charge in [0.25, 0.3) is 0 Å². The SMILES string of the molecule is Cc1ccc(Nc2nc3ccccc3n2CC(C)C)cc1. The van der Waals surface area contributed by atoms with Crippen LogP contribution in [0.1, 0.15) is 19.4 Å². The van der Waals surface area contributed by atoms with Crippen LogP contribution in [0.2, 0.25) is 0 Å². The van der Waals surface area contributed by atoms with E-state index in [0.29, 0.717) is 5.92 Å². The van der Waals surface area contributed by atoms with E-state index in [1.165, 1.54) is 11.1 Å². The molecule has 108 valence electrons. The number of anilines is 2. The lowest BCUT2D eigenvalue weighted by Crippen LogP contribution is -2.08. The summed E-state index contributed by atoms with van der Waals surface area (Å²) in [6, 6.07) is 16.7. The van der Waals surface area contributed by atoms with Crippen molar-refractivity contribution in [2.75, 3.05) is 5.32 Å². The Kier molecular flexibility index (Phi) is 3.65. The highest BCUT2D eigenvalue weighted by molar-refractivity contribution is 5.79. The van der Waals surface area contributed by atoms with Gasteiger partial charge in [-0.2, -0.15) is 0 Å². The molecule has 0 amide bonds. The number of nitrogens with one attached hydrogen (secondary N) is 1. The number of rotatable bonds is 4. The van der Waals surface area contributed by atoms with Crippen LogP contribution in [0, 0.1) is 12.8 Å². The molecule has 0 aliphatic heterocycles. The molecule has 3 heteroatoms. The second-order valence-electron chi connectivity index (χ2n) is 5.92. The van der Waals surface area contributed by atoms with Gasteiger partial charge in [-0.1, -0.05) is 43.7 Å². The van der Waals surface area contributed by atoms with Crippen LogP contribution >= 0.6 is 0 Å². The van der Waals surface area contributed by atoms with Crippen molar-refractivity contribution < 1.29 is 0 Å². The van der Waals surface area contributed by atoms with Gasteiger partial charge >= 0.3 is 0 Å². The topological polar surface area (TPSA) is 29.9 Å². The molecule has 3 aromatic rings. The number of aromatic nitrogens is 2. The van der Waals surface area contributed by atoms with Crippen LogP contribution < -0.4 is 5.32 Å². The first kappa shape index (κ1) is 13.7. The van der Waals surface area contributed by atoms with Crippen molar-refractivity contribution in [1.29, 1.82) is 0 Å². The van der Waals surface area contributed by atoms with Crippen molar-refractivity contribution >= 4 is 22.7 Å². The molecule has 0 unspecified atom stereocenters. The number of aryl methyl sites for hydroxylation is 1. The summed E-state index contributed by atoms with van der Waals surface area (Å²) in [5.41, 5.74) is 4.55. The molecular weight excluding hydrogens is 258 g/mol. The second-order valence-corrected chi connectivity index (χ2v) is 5.92. The van der Waals surface area contributed by atoms with Gasteiger partial charge in [-0.05, 0) is 37.1 Å². The Labute approximate surface area is 125 Å². The average molecular weight is 279 g/mol. The Morgan fingerprint density at radius 1 is 1.05 bits per heavy atom. The van der Waals surface area contributed by atoms with E-state index in [2.05, 4.69) is 73.1 Å². The molecule has 0 bridgehead atoms. The first-order chi connectivity index (χ1) is 10.1. The number of benzene rings is 2. The van der Waals surface area contributed by atoms with Crippen molar-refractivity contribution in [3.05, 3.63) is 54.1 Å². The highest BCUT2D eigenvalue weighted by Gasteiger charge is 2.11. The summed E-state index contributed by atoms with van der Waals surface area (Å²) in [6.07, 6.45) is 0. The minimum Gasteiger partial charge on any atom is -0.326 e. The zero-order valence-corrected chi connectivity index (χ0v) is 12.8. The minimum absolute atomic E-state index is 0.571. The van der Waals surface area contributed by atoms with Crippen LogP contribution in [-0.2, 0) is 6.54 Å². The molecular formula is C18H21N3. The van der Waals surface area contributed by atoms with Crippen molar-refractivity contribution in [1.82, 2.24) is 9.55 Å². The molecule has 0 aliphatic carbocycles. The fourth-order valence-electron chi connectivity index (χ4n) is 2.49. The maximum Gasteiger partial charge on any atom is 0.208 e. The molecule has 0 saturated carbocycles. The Morgan fingerprint density at radius 3 is 2.48 bits per heavy atom. The maximum atomic E-state index is 4.74. The van der Waals surface area contributed by atoms with E-state index in [9.17, 15) is 0 Å². The van der Waals surface area contributed by atoms with Gasteiger partial charge in [0.05, 0.1) is 11.0 Å². The third-order valence-corrected chi connectivity index (χ3v) is 3.51. The third-order valence-electron chi connectivity index (χ3n) is 3.51. The largest absolute Gasteiger partial charge is 0.326 e. The summed E-state index contributed by atoms with van der Waals surface area (Å²) in [5, 5.41) is 3.45. The normalized spacial score (nSPS) is 11.2. The molecule has 1 N–H and O–H groups in total. The van der Waals surface area contributed by atoms with Crippen LogP contribution in [0.5, 0.6) is 0 Å². The van der Waals surface area contributed by atoms with Crippen molar-refractivity contribution in [3.8, 4) is 0 Å². The predicted molar refractivity (Wildman–Crippen MR) is 89.0 cm³/mol. The molecule has 0 aliphatic rings. The fraction of sp³-hybridized carbons (Fsp3) is 0.278. The quantitative estimate of drug-likeness (QED) is 0.747. The number of hydrogen-bond donors (Lipinski definition) is 1. The third kappa shape index (κ3) is 2.92. The van der Waals surface area contributed by atoms with Gasteiger partial charge in [0.2, 0.25) is 5.95 Å². The zero-order valence-electron chi connectivity index (χ0n) is 12.8. The lowest BCUT2D eigenvalue weighted by Gasteiger charge is -2.13. The lowest BCUT2D eigenvalue weighted by atomic mass is 10.2. The molecule has 21 heavy (non-hydrogen) atoms. The van der Waals surface area contributed by atoms with Gasteiger partial charge in [-0.25, -0.2) is 4.98 Å². The van der Waals surface area contributed by atoms with Crippen LogP contribution in [0.15, 0.2) is 48.5 Å². The van der Waals surface area contributed by atoms with E-state index < -0.39 is 0 Å². The summed E-state index contributed by atoms with van der Waals surface area (Å²) >= 11 is 0. The summed E-state index contributed by atoms with van der Waals surface area (Å²) < 4.78 is 2.26. The molecule has 2 aromatic carbocycles. The van der Waals surface area contributed by atoms with Gasteiger partial charge in [0.15, 0.2) is 0 Å². The van der Waals surface area contributed by atoms with Crippen molar-refractivity contribution in [3.63, 3.8) is 0 Å². The Balaban J connectivity index is 2.02. The van der Waals surface area contributed by atoms with E-state index in [1.54, 1.807) is 0 Å². The van der Waals surface area contributed by atoms with Crippen LogP contribution in [0.3, 0.4) is 0 Å². The summed E-state index contributed by atoms with van der Waals surface area (Å²) in [6.45, 7) is 7.50. The molecule has 3 rings (SSSR count). The highest BCUT2D eigenvalue weighted by atomic mass is 15.2. The highest BCUT2D eigenvalue weighted by Crippen LogP contribution is 2.24. The van der Waals surface area contributed by atoms with Gasteiger partial charge in [-0.3, -0.25) is 0 Å². The molecule has 0 spiro atoms. The van der Waals surface area contributed by atoms with Gasteiger partial charge in [0, 0.05) is 12.2 Å². The molecule has 0 atom stereocenters.